The Morgan fingerprint density at radius 1 is 1.05 bits per heavy atom. The van der Waals surface area contributed by atoms with Crippen LogP contribution in [0, 0.1) is 0 Å². The molecule has 1 fully saturated rings. The molecule has 0 bridgehead atoms. The van der Waals surface area contributed by atoms with Gasteiger partial charge in [-0.1, -0.05) is 36.4 Å². The van der Waals surface area contributed by atoms with Crippen LogP contribution in [0.5, 0.6) is 5.75 Å². The second-order valence-corrected chi connectivity index (χ2v) is 10.8. The van der Waals surface area contributed by atoms with Gasteiger partial charge in [0, 0.05) is 29.6 Å². The van der Waals surface area contributed by atoms with Gasteiger partial charge >= 0.3 is 5.97 Å². The number of esters is 1. The minimum absolute atomic E-state index is 0.149. The lowest BCUT2D eigenvalue weighted by atomic mass is 9.93. The van der Waals surface area contributed by atoms with E-state index in [1.54, 1.807) is 13.3 Å². The van der Waals surface area contributed by atoms with Crippen LogP contribution < -0.4 is 10.5 Å². The summed E-state index contributed by atoms with van der Waals surface area (Å²) >= 11 is 0. The number of nitrogens with two attached hydrogens (primary N) is 1. The molecule has 1 aliphatic rings. The number of ether oxygens (including phenoxy) is 3. The Morgan fingerprint density at radius 3 is 2.71 bits per heavy atom. The lowest BCUT2D eigenvalue weighted by Crippen LogP contribution is -2.21. The highest BCUT2D eigenvalue weighted by Gasteiger charge is 2.25. The number of carbonyl (C=O) groups excluding carboxylic acids is 1. The van der Waals surface area contributed by atoms with Gasteiger partial charge in [-0.3, -0.25) is 9.48 Å². The fourth-order valence-corrected chi connectivity index (χ4v) is 5.68. The molecule has 5 aromatic rings. The van der Waals surface area contributed by atoms with E-state index in [9.17, 15) is 4.79 Å². The smallest absolute Gasteiger partial charge is 0.310 e. The maximum Gasteiger partial charge on any atom is 0.310 e. The Morgan fingerprint density at radius 2 is 1.93 bits per heavy atom. The molecular weight excluding hydrogens is 528 g/mol. The number of rotatable bonds is 11. The van der Waals surface area contributed by atoms with Crippen LogP contribution in [-0.4, -0.2) is 41.1 Å². The molecule has 0 atom stereocenters. The van der Waals surface area contributed by atoms with Crippen LogP contribution >= 0.6 is 0 Å². The van der Waals surface area contributed by atoms with Crippen molar-refractivity contribution in [1.82, 2.24) is 14.8 Å². The molecule has 2 aromatic heterocycles. The van der Waals surface area contributed by atoms with Gasteiger partial charge in [-0.25, -0.2) is 4.98 Å². The van der Waals surface area contributed by atoms with Crippen LogP contribution in [0.1, 0.15) is 49.0 Å². The molecule has 8 nitrogen and oxygen atoms in total. The Kier molecular flexibility index (Phi) is 8.06. The monoisotopic (exact) mass is 564 g/mol. The van der Waals surface area contributed by atoms with Crippen molar-refractivity contribution in [2.45, 2.75) is 51.7 Å². The summed E-state index contributed by atoms with van der Waals surface area (Å²) in [5, 5.41) is 8.08. The second-order valence-electron chi connectivity index (χ2n) is 10.8. The third-order valence-electron chi connectivity index (χ3n) is 8.09. The number of anilines is 1. The quantitative estimate of drug-likeness (QED) is 0.184. The number of nitrogens with zero attached hydrogens (tertiary/aromatic N) is 3. The molecule has 1 aliphatic carbocycles. The summed E-state index contributed by atoms with van der Waals surface area (Å²) in [6, 6.07) is 20.9. The summed E-state index contributed by atoms with van der Waals surface area (Å²) in [5.41, 5.74) is 12.2. The summed E-state index contributed by atoms with van der Waals surface area (Å²) in [4.78, 5) is 16.7. The standard InChI is InChI=1S/C34H36N4O4/c1-3-41-33(39)20-24-18-22(15-17-40-2)10-13-32(24)42-21-31-29-19-23(11-12-30(29)37-38(31)25-6-4-7-25)26-8-5-9-28-27(26)14-16-36-34(28)35/h5,8-14,16,18-19,25H,3-4,6-7,15,17,20-21H2,1-2H3,(H2,35,36). The van der Waals surface area contributed by atoms with Crippen molar-refractivity contribution in [2.24, 2.45) is 0 Å². The van der Waals surface area contributed by atoms with Crippen molar-refractivity contribution < 1.29 is 19.0 Å². The molecule has 6 rings (SSSR count). The number of pyridine rings is 1. The topological polar surface area (TPSA) is 101 Å². The Labute approximate surface area is 245 Å². The molecule has 42 heavy (non-hydrogen) atoms. The predicted octanol–water partition coefficient (Wildman–Crippen LogP) is 6.43. The number of carbonyl (C=O) groups is 1. The number of nitrogen functional groups attached to an aromatic ring is 1. The van der Waals surface area contributed by atoms with Crippen molar-refractivity contribution in [3.05, 3.63) is 83.7 Å². The normalized spacial score (nSPS) is 13.4. The maximum atomic E-state index is 12.4. The van der Waals surface area contributed by atoms with Crippen LogP contribution in [0.2, 0.25) is 0 Å². The summed E-state index contributed by atoms with van der Waals surface area (Å²) < 4.78 is 19.2. The number of hydrogen-bond donors (Lipinski definition) is 1. The first-order chi connectivity index (χ1) is 20.6. The van der Waals surface area contributed by atoms with E-state index in [4.69, 9.17) is 25.0 Å². The van der Waals surface area contributed by atoms with Crippen molar-refractivity contribution >= 4 is 33.5 Å². The molecule has 0 radical (unpaired) electrons. The van der Waals surface area contributed by atoms with Crippen LogP contribution in [0.3, 0.4) is 0 Å². The van der Waals surface area contributed by atoms with Gasteiger partial charge in [0.2, 0.25) is 0 Å². The second kappa shape index (κ2) is 12.2. The van der Waals surface area contributed by atoms with E-state index in [1.807, 2.05) is 43.3 Å². The minimum Gasteiger partial charge on any atom is -0.487 e. The van der Waals surface area contributed by atoms with Gasteiger partial charge in [0.25, 0.3) is 0 Å². The Bertz CT molecular complexity index is 1740. The maximum absolute atomic E-state index is 12.4. The SMILES string of the molecule is CCOC(=O)Cc1cc(CCOC)ccc1OCc1c2cc(-c3cccc4c(N)nccc34)ccc2nn1C1CCC1. The van der Waals surface area contributed by atoms with E-state index in [1.165, 1.54) is 6.42 Å². The zero-order chi connectivity index (χ0) is 29.1. The van der Waals surface area contributed by atoms with Gasteiger partial charge in [0.15, 0.2) is 0 Å². The fraction of sp³-hybridized carbons (Fsp3) is 0.324. The number of benzene rings is 3. The van der Waals surface area contributed by atoms with Gasteiger partial charge < -0.3 is 19.9 Å². The van der Waals surface area contributed by atoms with Crippen molar-refractivity contribution in [3.8, 4) is 16.9 Å². The highest BCUT2D eigenvalue weighted by Crippen LogP contribution is 2.37. The van der Waals surface area contributed by atoms with Gasteiger partial charge in [-0.15, -0.1) is 0 Å². The number of fused-ring (bicyclic) bond motifs is 2. The first-order valence-electron chi connectivity index (χ1n) is 14.6. The lowest BCUT2D eigenvalue weighted by Gasteiger charge is -2.27. The van der Waals surface area contributed by atoms with Crippen molar-refractivity contribution in [1.29, 1.82) is 0 Å². The highest BCUT2D eigenvalue weighted by molar-refractivity contribution is 6.02. The molecule has 8 heteroatoms. The third-order valence-corrected chi connectivity index (χ3v) is 8.09. The summed E-state index contributed by atoms with van der Waals surface area (Å²) in [5.74, 6) is 0.924. The van der Waals surface area contributed by atoms with E-state index in [0.717, 1.165) is 68.9 Å². The summed E-state index contributed by atoms with van der Waals surface area (Å²) in [6.07, 6.45) is 6.06. The molecular formula is C34H36N4O4. The average Bonchev–Trinajstić information content (AvgIpc) is 3.31. The van der Waals surface area contributed by atoms with Crippen LogP contribution in [0.4, 0.5) is 5.82 Å². The fourth-order valence-electron chi connectivity index (χ4n) is 5.68. The summed E-state index contributed by atoms with van der Waals surface area (Å²) in [6.45, 7) is 3.09. The van der Waals surface area contributed by atoms with E-state index in [2.05, 4.69) is 33.9 Å². The van der Waals surface area contributed by atoms with Crippen LogP contribution in [0.15, 0.2) is 66.9 Å². The largest absolute Gasteiger partial charge is 0.487 e. The minimum atomic E-state index is -0.272. The van der Waals surface area contributed by atoms with Crippen molar-refractivity contribution in [2.75, 3.05) is 26.1 Å². The van der Waals surface area contributed by atoms with Crippen LogP contribution in [0.25, 0.3) is 32.8 Å². The highest BCUT2D eigenvalue weighted by atomic mass is 16.5. The molecule has 0 saturated heterocycles. The van der Waals surface area contributed by atoms with E-state index in [-0.39, 0.29) is 12.4 Å². The molecule has 2 heterocycles. The molecule has 3 aromatic carbocycles. The van der Waals surface area contributed by atoms with Gasteiger partial charge in [0.05, 0.1) is 36.9 Å². The number of hydrogen-bond acceptors (Lipinski definition) is 7. The van der Waals surface area contributed by atoms with Gasteiger partial charge in [-0.2, -0.15) is 5.10 Å². The van der Waals surface area contributed by atoms with Gasteiger partial charge in [-0.05, 0) is 78.9 Å². The lowest BCUT2D eigenvalue weighted by molar-refractivity contribution is -0.142. The molecule has 0 unspecified atom stereocenters. The molecule has 216 valence electrons. The Hall–Kier alpha value is -4.43. The van der Waals surface area contributed by atoms with Gasteiger partial charge in [0.1, 0.15) is 18.2 Å². The molecule has 1 saturated carbocycles. The average molecular weight is 565 g/mol. The third kappa shape index (κ3) is 5.54. The zero-order valence-electron chi connectivity index (χ0n) is 24.1. The zero-order valence-corrected chi connectivity index (χ0v) is 24.1. The Balaban J connectivity index is 1.37. The van der Waals surface area contributed by atoms with Crippen LogP contribution in [-0.2, 0) is 33.7 Å². The molecule has 0 spiro atoms. The molecule has 0 amide bonds. The number of aromatic nitrogens is 3. The summed E-state index contributed by atoms with van der Waals surface area (Å²) in [7, 11) is 1.69. The first kappa shape index (κ1) is 27.7. The molecule has 0 aliphatic heterocycles. The van der Waals surface area contributed by atoms with E-state index < -0.39 is 0 Å². The van der Waals surface area contributed by atoms with Crippen molar-refractivity contribution in [3.63, 3.8) is 0 Å². The first-order valence-corrected chi connectivity index (χ1v) is 14.6. The number of methoxy groups -OCH3 is 1. The van der Waals surface area contributed by atoms with E-state index in [0.29, 0.717) is 37.4 Å². The molecule has 2 N–H and O–H groups in total. The predicted molar refractivity (Wildman–Crippen MR) is 164 cm³/mol. The van der Waals surface area contributed by atoms with E-state index >= 15 is 0 Å².